The molecule has 0 radical (unpaired) electrons. The molecule has 1 N–H and O–H groups in total. The topological polar surface area (TPSA) is 90.0 Å². The first-order valence-electron chi connectivity index (χ1n) is 8.98. The summed E-state index contributed by atoms with van der Waals surface area (Å²) in [6.45, 7) is 0.819. The highest BCUT2D eigenvalue weighted by atomic mass is 19.1. The molecule has 0 fully saturated rings. The van der Waals surface area contributed by atoms with Crippen LogP contribution in [0.2, 0.25) is 0 Å². The quantitative estimate of drug-likeness (QED) is 0.701. The zero-order valence-corrected chi connectivity index (χ0v) is 16.0. The molecule has 1 unspecified atom stereocenters. The second kappa shape index (κ2) is 7.69. The molecule has 8 nitrogen and oxygen atoms in total. The molecule has 1 atom stereocenters. The zero-order chi connectivity index (χ0) is 20.5. The van der Waals surface area contributed by atoms with E-state index in [2.05, 4.69) is 5.10 Å². The number of hydrogen-bond donors (Lipinski definition) is 1. The lowest BCUT2D eigenvalue weighted by Gasteiger charge is -2.33. The minimum absolute atomic E-state index is 0.104. The van der Waals surface area contributed by atoms with Crippen molar-refractivity contribution < 1.29 is 23.4 Å². The van der Waals surface area contributed by atoms with Gasteiger partial charge in [-0.1, -0.05) is 0 Å². The van der Waals surface area contributed by atoms with Crippen molar-refractivity contribution in [3.8, 4) is 23.0 Å². The summed E-state index contributed by atoms with van der Waals surface area (Å²) < 4.78 is 30.3. The third-order valence-electron chi connectivity index (χ3n) is 4.89. The molecule has 1 aliphatic rings. The van der Waals surface area contributed by atoms with Gasteiger partial charge in [0, 0.05) is 29.8 Å². The first-order chi connectivity index (χ1) is 14.0. The SMILES string of the molecule is COc1ccc(OC)c2c1CN(Cn1nc(-c3ccc(F)cc3)oc1=O)CC2O. The van der Waals surface area contributed by atoms with Crippen LogP contribution in [-0.4, -0.2) is 40.6 Å². The van der Waals surface area contributed by atoms with Gasteiger partial charge in [0.2, 0.25) is 5.89 Å². The molecule has 0 amide bonds. The normalized spacial score (nSPS) is 16.5. The summed E-state index contributed by atoms with van der Waals surface area (Å²) >= 11 is 0. The van der Waals surface area contributed by atoms with E-state index in [1.54, 1.807) is 26.4 Å². The number of halogens is 1. The number of aromatic nitrogens is 2. The molecule has 4 rings (SSSR count). The Morgan fingerprint density at radius 3 is 2.55 bits per heavy atom. The molecule has 152 valence electrons. The standard InChI is InChI=1S/C20H20FN3O5/c1-27-16-7-8-17(28-2)18-14(16)9-23(10-15(18)25)11-24-20(26)29-19(22-24)12-3-5-13(21)6-4-12/h3-8,15,25H,9-11H2,1-2H3. The van der Waals surface area contributed by atoms with Crippen molar-refractivity contribution in [1.82, 2.24) is 14.7 Å². The van der Waals surface area contributed by atoms with Crippen LogP contribution in [0.4, 0.5) is 4.39 Å². The van der Waals surface area contributed by atoms with Crippen LogP contribution in [0.3, 0.4) is 0 Å². The third-order valence-corrected chi connectivity index (χ3v) is 4.89. The van der Waals surface area contributed by atoms with Gasteiger partial charge in [-0.25, -0.2) is 9.18 Å². The highest BCUT2D eigenvalue weighted by molar-refractivity contribution is 5.52. The molecule has 0 saturated carbocycles. The Hall–Kier alpha value is -3.17. The maximum atomic E-state index is 13.1. The Labute approximate surface area is 165 Å². The highest BCUT2D eigenvalue weighted by Crippen LogP contribution is 2.39. The van der Waals surface area contributed by atoms with Gasteiger partial charge >= 0.3 is 5.76 Å². The van der Waals surface area contributed by atoms with E-state index in [9.17, 15) is 14.3 Å². The van der Waals surface area contributed by atoms with Crippen molar-refractivity contribution in [2.45, 2.75) is 19.3 Å². The summed E-state index contributed by atoms with van der Waals surface area (Å²) in [5, 5.41) is 14.9. The molecule has 2 aromatic carbocycles. The summed E-state index contributed by atoms with van der Waals surface area (Å²) in [5.41, 5.74) is 1.97. The average Bonchev–Trinajstić information content (AvgIpc) is 3.07. The largest absolute Gasteiger partial charge is 0.496 e. The Balaban J connectivity index is 1.61. The molecule has 0 bridgehead atoms. The van der Waals surface area contributed by atoms with E-state index in [1.165, 1.54) is 28.9 Å². The fourth-order valence-corrected chi connectivity index (χ4v) is 3.55. The second-order valence-corrected chi connectivity index (χ2v) is 6.71. The van der Waals surface area contributed by atoms with E-state index in [0.717, 1.165) is 5.56 Å². The second-order valence-electron chi connectivity index (χ2n) is 6.71. The molecule has 0 saturated heterocycles. The van der Waals surface area contributed by atoms with Crippen LogP contribution < -0.4 is 15.2 Å². The lowest BCUT2D eigenvalue weighted by Crippen LogP contribution is -2.37. The first-order valence-corrected chi connectivity index (χ1v) is 8.98. The van der Waals surface area contributed by atoms with E-state index in [0.29, 0.717) is 29.2 Å². The number of β-amino-alcohol motifs (C(OH)–C–C–N with tert-alkyl or cyclic N) is 1. The van der Waals surface area contributed by atoms with E-state index >= 15 is 0 Å². The summed E-state index contributed by atoms with van der Waals surface area (Å²) in [6, 6.07) is 9.06. The predicted octanol–water partition coefficient (Wildman–Crippen LogP) is 2.17. The molecule has 1 aliphatic heterocycles. The number of benzene rings is 2. The van der Waals surface area contributed by atoms with Gasteiger partial charge in [0.1, 0.15) is 24.0 Å². The van der Waals surface area contributed by atoms with E-state index < -0.39 is 11.9 Å². The smallest absolute Gasteiger partial charge is 0.438 e. The van der Waals surface area contributed by atoms with Crippen molar-refractivity contribution in [3.63, 3.8) is 0 Å². The molecule has 2 heterocycles. The van der Waals surface area contributed by atoms with E-state index in [-0.39, 0.29) is 24.9 Å². The fourth-order valence-electron chi connectivity index (χ4n) is 3.55. The minimum atomic E-state index is -0.817. The maximum absolute atomic E-state index is 13.1. The lowest BCUT2D eigenvalue weighted by molar-refractivity contribution is 0.0658. The number of ether oxygens (including phenoxy) is 2. The van der Waals surface area contributed by atoms with Crippen molar-refractivity contribution >= 4 is 0 Å². The molecule has 29 heavy (non-hydrogen) atoms. The van der Waals surface area contributed by atoms with Crippen LogP contribution in [0, 0.1) is 5.82 Å². The Morgan fingerprint density at radius 2 is 1.86 bits per heavy atom. The predicted molar refractivity (Wildman–Crippen MR) is 101 cm³/mol. The van der Waals surface area contributed by atoms with Gasteiger partial charge < -0.3 is 19.0 Å². The molecule has 9 heteroatoms. The van der Waals surface area contributed by atoms with Crippen LogP contribution in [-0.2, 0) is 13.2 Å². The summed E-state index contributed by atoms with van der Waals surface area (Å²) in [5.74, 6) is 0.296. The first kappa shape index (κ1) is 19.2. The van der Waals surface area contributed by atoms with Crippen molar-refractivity contribution in [1.29, 1.82) is 0 Å². The molecule has 0 spiro atoms. The highest BCUT2D eigenvalue weighted by Gasteiger charge is 2.30. The third kappa shape index (κ3) is 3.62. The van der Waals surface area contributed by atoms with Gasteiger partial charge in [-0.05, 0) is 36.4 Å². The van der Waals surface area contributed by atoms with E-state index in [4.69, 9.17) is 13.9 Å². The average molecular weight is 401 g/mol. The van der Waals surface area contributed by atoms with Gasteiger partial charge in [-0.2, -0.15) is 4.68 Å². The van der Waals surface area contributed by atoms with Crippen LogP contribution in [0.15, 0.2) is 45.6 Å². The fraction of sp³-hybridized carbons (Fsp3) is 0.300. The summed E-state index contributed by atoms with van der Waals surface area (Å²) in [6.07, 6.45) is -0.817. The molecule has 0 aliphatic carbocycles. The number of methoxy groups -OCH3 is 2. The summed E-state index contributed by atoms with van der Waals surface area (Å²) in [7, 11) is 3.11. The van der Waals surface area contributed by atoms with Crippen LogP contribution in [0.25, 0.3) is 11.5 Å². The van der Waals surface area contributed by atoms with Gasteiger partial charge in [0.05, 0.1) is 20.3 Å². The Kier molecular flexibility index (Phi) is 5.08. The van der Waals surface area contributed by atoms with Crippen molar-refractivity contribution in [2.75, 3.05) is 20.8 Å². The number of nitrogens with zero attached hydrogens (tertiary/aromatic N) is 3. The van der Waals surface area contributed by atoms with Gasteiger partial charge in [0.15, 0.2) is 0 Å². The Morgan fingerprint density at radius 1 is 1.17 bits per heavy atom. The van der Waals surface area contributed by atoms with Gasteiger partial charge in [0.25, 0.3) is 0 Å². The van der Waals surface area contributed by atoms with E-state index in [1.807, 2.05) is 4.90 Å². The number of aliphatic hydroxyl groups excluding tert-OH is 1. The molecular weight excluding hydrogens is 381 g/mol. The number of fused-ring (bicyclic) bond motifs is 1. The van der Waals surface area contributed by atoms with Crippen molar-refractivity contribution in [3.05, 3.63) is 63.9 Å². The minimum Gasteiger partial charge on any atom is -0.496 e. The zero-order valence-electron chi connectivity index (χ0n) is 16.0. The van der Waals surface area contributed by atoms with Crippen LogP contribution in [0.5, 0.6) is 11.5 Å². The molecule has 1 aromatic heterocycles. The van der Waals surface area contributed by atoms with Crippen LogP contribution in [0.1, 0.15) is 17.2 Å². The van der Waals surface area contributed by atoms with Gasteiger partial charge in [-0.3, -0.25) is 4.90 Å². The summed E-state index contributed by atoms with van der Waals surface area (Å²) in [4.78, 5) is 14.1. The van der Waals surface area contributed by atoms with Crippen molar-refractivity contribution in [2.24, 2.45) is 0 Å². The number of hydrogen-bond acceptors (Lipinski definition) is 7. The maximum Gasteiger partial charge on any atom is 0.438 e. The number of aliphatic hydroxyl groups is 1. The molecule has 3 aromatic rings. The number of rotatable bonds is 5. The lowest BCUT2D eigenvalue weighted by atomic mass is 9.95. The Bertz CT molecular complexity index is 1080. The van der Waals surface area contributed by atoms with Crippen LogP contribution >= 0.6 is 0 Å². The molecular formula is C20H20FN3O5. The van der Waals surface area contributed by atoms with Gasteiger partial charge in [-0.15, -0.1) is 5.10 Å². The monoisotopic (exact) mass is 401 g/mol.